The summed E-state index contributed by atoms with van der Waals surface area (Å²) < 4.78 is 14.0. The molecule has 3 nitrogen and oxygen atoms in total. The van der Waals surface area contributed by atoms with Crippen LogP contribution in [0, 0.1) is 28.5 Å². The number of amides is 1. The van der Waals surface area contributed by atoms with Gasteiger partial charge in [-0.15, -0.1) is 0 Å². The molecule has 2 aliphatic rings. The Labute approximate surface area is 199 Å². The van der Waals surface area contributed by atoms with Gasteiger partial charge in [-0.25, -0.2) is 4.39 Å². The molecule has 2 saturated carbocycles. The van der Waals surface area contributed by atoms with Gasteiger partial charge in [-0.3, -0.25) is 9.78 Å². The number of nitrogens with one attached hydrogen (secondary N) is 1. The first-order valence-corrected chi connectivity index (χ1v) is 12.2. The maximum absolute atomic E-state index is 14.0. The molecule has 33 heavy (non-hydrogen) atoms. The first-order valence-electron chi connectivity index (χ1n) is 11.8. The SMILES string of the molecule is CC(C(=O)Nc1ccc(Cl)cc1)[C@@H]1C[C@]2(C)C[C@H](c3ccnc4ccc(F)cc34)C[C@]2(C)C1. The fourth-order valence-corrected chi connectivity index (χ4v) is 6.74. The van der Waals surface area contributed by atoms with E-state index in [1.54, 1.807) is 24.3 Å². The van der Waals surface area contributed by atoms with E-state index < -0.39 is 0 Å². The van der Waals surface area contributed by atoms with Crippen molar-refractivity contribution in [3.8, 4) is 0 Å². The normalized spacial score (nSPS) is 29.7. The fraction of sp³-hybridized carbons (Fsp3) is 0.429. The molecule has 1 aromatic heterocycles. The number of pyridine rings is 1. The van der Waals surface area contributed by atoms with Gasteiger partial charge in [0.15, 0.2) is 0 Å². The Morgan fingerprint density at radius 1 is 1.06 bits per heavy atom. The Balaban J connectivity index is 1.33. The Bertz CT molecular complexity index is 1190. The molecule has 0 saturated heterocycles. The molecule has 1 heterocycles. The lowest BCUT2D eigenvalue weighted by molar-refractivity contribution is -0.121. The number of carbonyl (C=O) groups is 1. The van der Waals surface area contributed by atoms with Crippen LogP contribution in [0.15, 0.2) is 54.7 Å². The van der Waals surface area contributed by atoms with Crippen LogP contribution in [-0.2, 0) is 4.79 Å². The third kappa shape index (κ3) is 3.93. The van der Waals surface area contributed by atoms with Gasteiger partial charge in [0.05, 0.1) is 5.52 Å². The minimum absolute atomic E-state index is 0.0609. The van der Waals surface area contributed by atoms with Gasteiger partial charge in [0.25, 0.3) is 0 Å². The molecule has 2 fully saturated rings. The van der Waals surface area contributed by atoms with Crippen molar-refractivity contribution in [2.24, 2.45) is 22.7 Å². The molecule has 3 aromatic rings. The zero-order valence-corrected chi connectivity index (χ0v) is 20.1. The van der Waals surface area contributed by atoms with Crippen molar-refractivity contribution in [2.45, 2.75) is 52.4 Å². The summed E-state index contributed by atoms with van der Waals surface area (Å²) in [4.78, 5) is 17.4. The minimum atomic E-state index is -0.215. The molecule has 1 N–H and O–H groups in total. The maximum Gasteiger partial charge on any atom is 0.227 e. The van der Waals surface area contributed by atoms with E-state index in [0.29, 0.717) is 16.9 Å². The van der Waals surface area contributed by atoms with Crippen LogP contribution >= 0.6 is 11.6 Å². The highest BCUT2D eigenvalue weighted by molar-refractivity contribution is 6.30. The van der Waals surface area contributed by atoms with Gasteiger partial charge in [-0.2, -0.15) is 0 Å². The Hall–Kier alpha value is -2.46. The summed E-state index contributed by atoms with van der Waals surface area (Å²) in [5.74, 6) is 0.523. The highest BCUT2D eigenvalue weighted by Gasteiger charge is 2.59. The summed E-state index contributed by atoms with van der Waals surface area (Å²) in [6.45, 7) is 6.84. The van der Waals surface area contributed by atoms with Crippen molar-refractivity contribution < 1.29 is 9.18 Å². The van der Waals surface area contributed by atoms with E-state index in [9.17, 15) is 9.18 Å². The van der Waals surface area contributed by atoms with E-state index in [0.717, 1.165) is 42.3 Å². The van der Waals surface area contributed by atoms with E-state index in [-0.39, 0.29) is 28.5 Å². The van der Waals surface area contributed by atoms with Crippen molar-refractivity contribution in [2.75, 3.05) is 5.32 Å². The zero-order valence-electron chi connectivity index (χ0n) is 19.4. The lowest BCUT2D eigenvalue weighted by Gasteiger charge is -2.34. The largest absolute Gasteiger partial charge is 0.326 e. The summed E-state index contributed by atoms with van der Waals surface area (Å²) in [6, 6.07) is 14.2. The van der Waals surface area contributed by atoms with E-state index >= 15 is 0 Å². The van der Waals surface area contributed by atoms with Crippen LogP contribution in [0.5, 0.6) is 0 Å². The number of carbonyl (C=O) groups excluding carboxylic acids is 1. The topological polar surface area (TPSA) is 42.0 Å². The molecule has 0 aliphatic heterocycles. The van der Waals surface area contributed by atoms with Crippen LogP contribution in [0.25, 0.3) is 10.9 Å². The number of anilines is 1. The van der Waals surface area contributed by atoms with Crippen LogP contribution in [0.2, 0.25) is 5.02 Å². The number of nitrogens with zero attached hydrogens (tertiary/aromatic N) is 1. The van der Waals surface area contributed by atoms with E-state index in [2.05, 4.69) is 37.1 Å². The molecule has 1 amide bonds. The fourth-order valence-electron chi connectivity index (χ4n) is 6.61. The van der Waals surface area contributed by atoms with Crippen LogP contribution in [0.1, 0.15) is 57.9 Å². The molecule has 0 bridgehead atoms. The third-order valence-electron chi connectivity index (χ3n) is 8.69. The number of benzene rings is 2. The average Bonchev–Trinajstić information content (AvgIpc) is 3.18. The van der Waals surface area contributed by atoms with Gasteiger partial charge in [0, 0.05) is 28.2 Å². The van der Waals surface area contributed by atoms with Crippen LogP contribution in [0.4, 0.5) is 10.1 Å². The van der Waals surface area contributed by atoms with Crippen molar-refractivity contribution in [1.29, 1.82) is 0 Å². The van der Waals surface area contributed by atoms with Gasteiger partial charge in [0.1, 0.15) is 5.82 Å². The molecule has 2 aliphatic carbocycles. The highest BCUT2D eigenvalue weighted by Crippen LogP contribution is 2.68. The average molecular weight is 465 g/mol. The molecule has 2 aromatic carbocycles. The van der Waals surface area contributed by atoms with Gasteiger partial charge in [0.2, 0.25) is 5.91 Å². The molecular weight excluding hydrogens is 435 g/mol. The lowest BCUT2D eigenvalue weighted by atomic mass is 9.71. The molecule has 0 spiro atoms. The standard InChI is InChI=1S/C28H30ClFN2O/c1-17(26(33)32-22-7-4-20(29)5-8-22)18-13-27(2)15-19(16-28(27,3)14-18)23-10-11-31-25-9-6-21(30)12-24(23)25/h4-12,17-19H,13-16H2,1-3H3,(H,32,33)/t17?,18-,19+,27-,28+. The van der Waals surface area contributed by atoms with E-state index in [1.807, 2.05) is 18.3 Å². The Kier molecular flexibility index (Phi) is 5.48. The van der Waals surface area contributed by atoms with Gasteiger partial charge in [-0.1, -0.05) is 32.4 Å². The smallest absolute Gasteiger partial charge is 0.227 e. The van der Waals surface area contributed by atoms with Gasteiger partial charge < -0.3 is 5.32 Å². The predicted molar refractivity (Wildman–Crippen MR) is 132 cm³/mol. The van der Waals surface area contributed by atoms with Crippen LogP contribution in [-0.4, -0.2) is 10.9 Å². The van der Waals surface area contributed by atoms with Crippen molar-refractivity contribution in [3.05, 3.63) is 71.1 Å². The molecule has 5 atom stereocenters. The molecule has 0 radical (unpaired) electrons. The quantitative estimate of drug-likeness (QED) is 0.431. The van der Waals surface area contributed by atoms with Crippen molar-refractivity contribution in [1.82, 2.24) is 4.98 Å². The number of rotatable bonds is 4. The second-order valence-corrected chi connectivity index (χ2v) is 11.2. The minimum Gasteiger partial charge on any atom is -0.326 e. The number of hydrogen-bond acceptors (Lipinski definition) is 2. The number of halogens is 2. The first kappa shape index (κ1) is 22.3. The predicted octanol–water partition coefficient (Wildman–Crippen LogP) is 7.60. The summed E-state index contributed by atoms with van der Waals surface area (Å²) in [5, 5.41) is 4.65. The zero-order chi connectivity index (χ0) is 23.4. The Morgan fingerprint density at radius 3 is 2.39 bits per heavy atom. The molecule has 172 valence electrons. The van der Waals surface area contributed by atoms with Crippen molar-refractivity contribution >= 4 is 34.1 Å². The summed E-state index contributed by atoms with van der Waals surface area (Å²) in [6.07, 6.45) is 6.03. The van der Waals surface area contributed by atoms with E-state index in [4.69, 9.17) is 11.6 Å². The van der Waals surface area contributed by atoms with E-state index in [1.165, 1.54) is 11.6 Å². The second-order valence-electron chi connectivity index (χ2n) is 10.7. The highest BCUT2D eigenvalue weighted by atomic mass is 35.5. The monoisotopic (exact) mass is 464 g/mol. The van der Waals surface area contributed by atoms with Crippen molar-refractivity contribution in [3.63, 3.8) is 0 Å². The molecule has 5 heteroatoms. The lowest BCUT2D eigenvalue weighted by Crippen LogP contribution is -2.27. The van der Waals surface area contributed by atoms with Crippen LogP contribution in [0.3, 0.4) is 0 Å². The molecule has 1 unspecified atom stereocenters. The number of hydrogen-bond donors (Lipinski definition) is 1. The molecular formula is C28H30ClFN2O. The molecule has 5 rings (SSSR count). The first-order chi connectivity index (χ1) is 15.7. The summed E-state index contributed by atoms with van der Waals surface area (Å²) >= 11 is 5.96. The van der Waals surface area contributed by atoms with Gasteiger partial charge >= 0.3 is 0 Å². The van der Waals surface area contributed by atoms with Gasteiger partial charge in [-0.05, 0) is 102 Å². The van der Waals surface area contributed by atoms with Crippen LogP contribution < -0.4 is 5.32 Å². The second kappa shape index (κ2) is 8.09. The Morgan fingerprint density at radius 2 is 1.73 bits per heavy atom. The number of aromatic nitrogens is 1. The third-order valence-corrected chi connectivity index (χ3v) is 8.94. The summed E-state index contributed by atoms with van der Waals surface area (Å²) in [7, 11) is 0. The number of fused-ring (bicyclic) bond motifs is 2. The maximum atomic E-state index is 14.0. The summed E-state index contributed by atoms with van der Waals surface area (Å²) in [5.41, 5.74) is 3.15.